The Kier molecular flexibility index (Phi) is 3.43. The monoisotopic (exact) mass is 284 g/mol. The highest BCUT2D eigenvalue weighted by molar-refractivity contribution is 7.98. The van der Waals surface area contributed by atoms with Gasteiger partial charge in [-0.2, -0.15) is 0 Å². The molecule has 1 heterocycles. The van der Waals surface area contributed by atoms with Crippen molar-refractivity contribution in [2.45, 2.75) is 10.6 Å². The van der Waals surface area contributed by atoms with E-state index in [4.69, 9.17) is 5.11 Å². The normalized spacial score (nSPS) is 10.8. The number of aromatic nitrogens is 2. The number of thioether (sulfide) groups is 1. The molecule has 5 heteroatoms. The minimum Gasteiger partial charge on any atom is -0.478 e. The van der Waals surface area contributed by atoms with Gasteiger partial charge in [0.1, 0.15) is 5.82 Å². The van der Waals surface area contributed by atoms with Crippen LogP contribution in [-0.2, 0) is 5.75 Å². The Bertz CT molecular complexity index is 753. The van der Waals surface area contributed by atoms with Crippen molar-refractivity contribution in [3.8, 4) is 0 Å². The SMILES string of the molecule is O=C(O)c1ccc2nc(CSc3ccccc3)[nH]c2c1. The zero-order chi connectivity index (χ0) is 13.9. The van der Waals surface area contributed by atoms with Gasteiger partial charge in [0.05, 0.1) is 22.3 Å². The summed E-state index contributed by atoms with van der Waals surface area (Å²) in [5.74, 6) is 0.638. The second kappa shape index (κ2) is 5.38. The van der Waals surface area contributed by atoms with Gasteiger partial charge in [-0.25, -0.2) is 9.78 Å². The fourth-order valence-corrected chi connectivity index (χ4v) is 2.72. The van der Waals surface area contributed by atoms with Crippen molar-refractivity contribution in [2.75, 3.05) is 0 Å². The van der Waals surface area contributed by atoms with Crippen molar-refractivity contribution in [3.05, 3.63) is 59.9 Å². The number of carboxylic acids is 1. The molecule has 0 spiro atoms. The summed E-state index contributed by atoms with van der Waals surface area (Å²) >= 11 is 1.69. The van der Waals surface area contributed by atoms with Gasteiger partial charge in [0, 0.05) is 4.90 Å². The third-order valence-corrected chi connectivity index (χ3v) is 3.92. The van der Waals surface area contributed by atoms with E-state index in [0.717, 1.165) is 22.6 Å². The Hall–Kier alpha value is -2.27. The van der Waals surface area contributed by atoms with Crippen LogP contribution in [0.25, 0.3) is 11.0 Å². The molecule has 3 aromatic rings. The molecule has 3 rings (SSSR count). The summed E-state index contributed by atoms with van der Waals surface area (Å²) in [6.07, 6.45) is 0. The molecule has 4 nitrogen and oxygen atoms in total. The number of hydrogen-bond donors (Lipinski definition) is 2. The molecule has 0 amide bonds. The first-order valence-corrected chi connectivity index (χ1v) is 7.11. The van der Waals surface area contributed by atoms with Crippen LogP contribution in [0.5, 0.6) is 0 Å². The van der Waals surface area contributed by atoms with Gasteiger partial charge in [-0.15, -0.1) is 11.8 Å². The highest BCUT2D eigenvalue weighted by atomic mass is 32.2. The molecule has 0 unspecified atom stereocenters. The Morgan fingerprint density at radius 2 is 2.00 bits per heavy atom. The van der Waals surface area contributed by atoms with Crippen LogP contribution in [-0.4, -0.2) is 21.0 Å². The fourth-order valence-electron chi connectivity index (χ4n) is 1.93. The lowest BCUT2D eigenvalue weighted by Gasteiger charge is -1.97. The second-order valence-electron chi connectivity index (χ2n) is 4.32. The number of aromatic carboxylic acids is 1. The quantitative estimate of drug-likeness (QED) is 0.719. The number of nitrogens with zero attached hydrogens (tertiary/aromatic N) is 1. The van der Waals surface area contributed by atoms with Crippen molar-refractivity contribution in [3.63, 3.8) is 0 Å². The summed E-state index contributed by atoms with van der Waals surface area (Å²) in [5, 5.41) is 8.96. The average molecular weight is 284 g/mol. The van der Waals surface area contributed by atoms with Crippen LogP contribution >= 0.6 is 11.8 Å². The first-order valence-electron chi connectivity index (χ1n) is 6.12. The van der Waals surface area contributed by atoms with Gasteiger partial charge >= 0.3 is 5.97 Å². The van der Waals surface area contributed by atoms with E-state index in [2.05, 4.69) is 22.1 Å². The molecule has 0 fully saturated rings. The minimum absolute atomic E-state index is 0.267. The molecular formula is C15H12N2O2S. The average Bonchev–Trinajstić information content (AvgIpc) is 2.88. The first kappa shape index (κ1) is 12.7. The molecule has 0 radical (unpaired) electrons. The summed E-state index contributed by atoms with van der Waals surface area (Å²) in [6.45, 7) is 0. The molecule has 0 atom stereocenters. The number of aromatic amines is 1. The number of carbonyl (C=O) groups is 1. The third kappa shape index (κ3) is 2.67. The predicted octanol–water partition coefficient (Wildman–Crippen LogP) is 3.55. The molecule has 1 aromatic heterocycles. The Labute approximate surface area is 119 Å². The molecule has 100 valence electrons. The van der Waals surface area contributed by atoms with Gasteiger partial charge in [-0.1, -0.05) is 18.2 Å². The highest BCUT2D eigenvalue weighted by Crippen LogP contribution is 2.22. The lowest BCUT2D eigenvalue weighted by molar-refractivity contribution is 0.0697. The van der Waals surface area contributed by atoms with Crippen LogP contribution in [0.4, 0.5) is 0 Å². The largest absolute Gasteiger partial charge is 0.478 e. The van der Waals surface area contributed by atoms with E-state index in [9.17, 15) is 4.79 Å². The number of imidazole rings is 1. The Morgan fingerprint density at radius 1 is 1.20 bits per heavy atom. The molecule has 2 aromatic carbocycles. The van der Waals surface area contributed by atoms with Crippen molar-refractivity contribution < 1.29 is 9.90 Å². The molecule has 0 aliphatic heterocycles. The maximum Gasteiger partial charge on any atom is 0.335 e. The van der Waals surface area contributed by atoms with Crippen molar-refractivity contribution in [1.29, 1.82) is 0 Å². The fraction of sp³-hybridized carbons (Fsp3) is 0.0667. The van der Waals surface area contributed by atoms with Crippen molar-refractivity contribution >= 4 is 28.8 Å². The number of nitrogens with one attached hydrogen (secondary N) is 1. The maximum absolute atomic E-state index is 10.9. The molecule has 0 saturated carbocycles. The van der Waals surface area contributed by atoms with Gasteiger partial charge in [0.15, 0.2) is 0 Å². The van der Waals surface area contributed by atoms with Crippen LogP contribution in [0.15, 0.2) is 53.4 Å². The van der Waals surface area contributed by atoms with E-state index in [1.54, 1.807) is 30.0 Å². The number of carboxylic acid groups (broad SMARTS) is 1. The molecule has 0 aliphatic carbocycles. The first-order chi connectivity index (χ1) is 9.72. The lowest BCUT2D eigenvalue weighted by atomic mass is 10.2. The van der Waals surface area contributed by atoms with Crippen LogP contribution in [0.2, 0.25) is 0 Å². The topological polar surface area (TPSA) is 66.0 Å². The van der Waals surface area contributed by atoms with E-state index in [0.29, 0.717) is 0 Å². The lowest BCUT2D eigenvalue weighted by Crippen LogP contribution is -1.94. The standard InChI is InChI=1S/C15H12N2O2S/c18-15(19)10-6-7-12-13(8-10)17-14(16-12)9-20-11-4-2-1-3-5-11/h1-8H,9H2,(H,16,17)(H,18,19). The van der Waals surface area contributed by atoms with Gasteiger partial charge in [-0.05, 0) is 30.3 Å². The highest BCUT2D eigenvalue weighted by Gasteiger charge is 2.07. The molecule has 2 N–H and O–H groups in total. The van der Waals surface area contributed by atoms with Gasteiger partial charge < -0.3 is 10.1 Å². The maximum atomic E-state index is 10.9. The van der Waals surface area contributed by atoms with Crippen LogP contribution in [0.1, 0.15) is 16.2 Å². The van der Waals surface area contributed by atoms with Gasteiger partial charge in [0.25, 0.3) is 0 Å². The summed E-state index contributed by atoms with van der Waals surface area (Å²) in [7, 11) is 0. The smallest absolute Gasteiger partial charge is 0.335 e. The summed E-state index contributed by atoms with van der Waals surface area (Å²) < 4.78 is 0. The Balaban J connectivity index is 1.80. The second-order valence-corrected chi connectivity index (χ2v) is 5.37. The third-order valence-electron chi connectivity index (χ3n) is 2.90. The molecule has 20 heavy (non-hydrogen) atoms. The number of H-pyrrole nitrogens is 1. The number of hydrogen-bond acceptors (Lipinski definition) is 3. The summed E-state index contributed by atoms with van der Waals surface area (Å²) in [6, 6.07) is 15.0. The Morgan fingerprint density at radius 3 is 2.75 bits per heavy atom. The van der Waals surface area contributed by atoms with E-state index < -0.39 is 5.97 Å². The number of fused-ring (bicyclic) bond motifs is 1. The molecule has 0 bridgehead atoms. The van der Waals surface area contributed by atoms with E-state index in [1.165, 1.54) is 4.90 Å². The van der Waals surface area contributed by atoms with Crippen LogP contribution in [0, 0.1) is 0 Å². The van der Waals surface area contributed by atoms with Gasteiger partial charge in [-0.3, -0.25) is 0 Å². The number of rotatable bonds is 4. The molecular weight excluding hydrogens is 272 g/mol. The summed E-state index contributed by atoms with van der Waals surface area (Å²) in [5.41, 5.74) is 1.82. The van der Waals surface area contributed by atoms with Crippen LogP contribution in [0.3, 0.4) is 0 Å². The molecule has 0 aliphatic rings. The zero-order valence-corrected chi connectivity index (χ0v) is 11.4. The zero-order valence-electron chi connectivity index (χ0n) is 10.5. The van der Waals surface area contributed by atoms with Crippen molar-refractivity contribution in [2.24, 2.45) is 0 Å². The summed E-state index contributed by atoms with van der Waals surface area (Å²) in [4.78, 5) is 19.7. The van der Waals surface area contributed by atoms with E-state index in [-0.39, 0.29) is 5.56 Å². The van der Waals surface area contributed by atoms with Crippen LogP contribution < -0.4 is 0 Å². The number of benzene rings is 2. The van der Waals surface area contributed by atoms with E-state index in [1.807, 2.05) is 18.2 Å². The minimum atomic E-state index is -0.929. The molecule has 0 saturated heterocycles. The van der Waals surface area contributed by atoms with Crippen molar-refractivity contribution in [1.82, 2.24) is 9.97 Å². The van der Waals surface area contributed by atoms with Gasteiger partial charge in [0.2, 0.25) is 0 Å². The van der Waals surface area contributed by atoms with E-state index >= 15 is 0 Å². The predicted molar refractivity (Wildman–Crippen MR) is 79.1 cm³/mol.